The van der Waals surface area contributed by atoms with E-state index in [2.05, 4.69) is 6.92 Å². The molecule has 0 bridgehead atoms. The lowest BCUT2D eigenvalue weighted by Gasteiger charge is -2.31. The molecular formula is C16H33NO3S. The van der Waals surface area contributed by atoms with Gasteiger partial charge in [0, 0.05) is 12.6 Å². The van der Waals surface area contributed by atoms with Crippen molar-refractivity contribution in [1.82, 2.24) is 4.31 Å². The van der Waals surface area contributed by atoms with Gasteiger partial charge in [-0.2, -0.15) is 4.31 Å². The summed E-state index contributed by atoms with van der Waals surface area (Å²) in [6, 6.07) is -0.0181. The largest absolute Gasteiger partial charge is 0.392 e. The lowest BCUT2D eigenvalue weighted by Crippen LogP contribution is -2.45. The maximum absolute atomic E-state index is 12.6. The third-order valence-electron chi connectivity index (χ3n) is 4.32. The minimum atomic E-state index is -3.34. The van der Waals surface area contributed by atoms with E-state index in [0.717, 1.165) is 19.3 Å². The van der Waals surface area contributed by atoms with Gasteiger partial charge in [0.1, 0.15) is 0 Å². The summed E-state index contributed by atoms with van der Waals surface area (Å²) in [6.45, 7) is 7.66. The van der Waals surface area contributed by atoms with Gasteiger partial charge in [-0.05, 0) is 33.6 Å². The van der Waals surface area contributed by atoms with Crippen molar-refractivity contribution in [3.8, 4) is 0 Å². The summed E-state index contributed by atoms with van der Waals surface area (Å²) < 4.78 is 26.0. The molecule has 0 aliphatic carbocycles. The van der Waals surface area contributed by atoms with Crippen LogP contribution in [0.1, 0.15) is 79.1 Å². The predicted octanol–water partition coefficient (Wildman–Crippen LogP) is 3.30. The van der Waals surface area contributed by atoms with Crippen molar-refractivity contribution < 1.29 is 13.5 Å². The Kier molecular flexibility index (Phi) is 7.14. The van der Waals surface area contributed by atoms with E-state index in [1.807, 2.05) is 0 Å². The predicted molar refractivity (Wildman–Crippen MR) is 87.8 cm³/mol. The minimum Gasteiger partial charge on any atom is -0.392 e. The number of nitrogens with zero attached hydrogens (tertiary/aromatic N) is 1. The van der Waals surface area contributed by atoms with Crippen molar-refractivity contribution >= 4 is 10.0 Å². The zero-order valence-electron chi connectivity index (χ0n) is 14.1. The lowest BCUT2D eigenvalue weighted by atomic mass is 10.0. The zero-order chi connectivity index (χ0) is 16.1. The summed E-state index contributed by atoms with van der Waals surface area (Å²) in [6.07, 6.45) is 8.20. The average molecular weight is 320 g/mol. The number of sulfonamides is 1. The zero-order valence-corrected chi connectivity index (χ0v) is 15.0. The Balaban J connectivity index is 2.52. The third-order valence-corrected chi connectivity index (χ3v) is 6.93. The smallest absolute Gasteiger partial charge is 0.219 e. The van der Waals surface area contributed by atoms with Crippen molar-refractivity contribution in [3.63, 3.8) is 0 Å². The van der Waals surface area contributed by atoms with Crippen molar-refractivity contribution in [3.05, 3.63) is 0 Å². The van der Waals surface area contributed by atoms with Gasteiger partial charge < -0.3 is 5.11 Å². The number of unbranched alkanes of at least 4 members (excludes halogenated alkanes) is 5. The fourth-order valence-corrected chi connectivity index (χ4v) is 4.59. The number of hydrogen-bond donors (Lipinski definition) is 1. The number of hydrogen-bond acceptors (Lipinski definition) is 3. The highest BCUT2D eigenvalue weighted by Crippen LogP contribution is 2.31. The van der Waals surface area contributed by atoms with E-state index < -0.39 is 20.9 Å². The average Bonchev–Trinajstić information content (AvgIpc) is 2.74. The van der Waals surface area contributed by atoms with E-state index >= 15 is 0 Å². The lowest BCUT2D eigenvalue weighted by molar-refractivity contribution is 0.188. The van der Waals surface area contributed by atoms with Crippen LogP contribution in [0.4, 0.5) is 0 Å². The molecule has 0 radical (unpaired) electrons. The van der Waals surface area contributed by atoms with Crippen molar-refractivity contribution in [1.29, 1.82) is 0 Å². The number of rotatable bonds is 8. The van der Waals surface area contributed by atoms with Crippen LogP contribution >= 0.6 is 0 Å². The first-order valence-corrected chi connectivity index (χ1v) is 9.83. The maximum Gasteiger partial charge on any atom is 0.219 e. The first kappa shape index (κ1) is 18.9. The van der Waals surface area contributed by atoms with E-state index in [4.69, 9.17) is 0 Å². The van der Waals surface area contributed by atoms with Gasteiger partial charge in [0.25, 0.3) is 0 Å². The van der Waals surface area contributed by atoms with Crippen molar-refractivity contribution in [2.45, 2.75) is 96.0 Å². The number of β-amino-alcohol motifs (C(OH)–C–C–N with tert-alkyl or cyclic N) is 1. The van der Waals surface area contributed by atoms with Gasteiger partial charge >= 0.3 is 0 Å². The van der Waals surface area contributed by atoms with Crippen LogP contribution in [-0.2, 0) is 10.0 Å². The van der Waals surface area contributed by atoms with Crippen LogP contribution in [0.5, 0.6) is 0 Å². The molecule has 1 aliphatic heterocycles. The molecule has 1 aliphatic rings. The number of aliphatic hydroxyl groups is 1. The highest BCUT2D eigenvalue weighted by Gasteiger charge is 2.43. The van der Waals surface area contributed by atoms with Gasteiger partial charge in [0.05, 0.1) is 10.9 Å². The summed E-state index contributed by atoms with van der Waals surface area (Å²) in [7, 11) is -3.34. The summed E-state index contributed by atoms with van der Waals surface area (Å²) >= 11 is 0. The molecule has 1 N–H and O–H groups in total. The van der Waals surface area contributed by atoms with Gasteiger partial charge in [0.2, 0.25) is 10.0 Å². The third kappa shape index (κ3) is 5.22. The van der Waals surface area contributed by atoms with E-state index in [1.54, 1.807) is 25.1 Å². The molecule has 0 aromatic heterocycles. The topological polar surface area (TPSA) is 57.6 Å². The van der Waals surface area contributed by atoms with E-state index in [1.165, 1.54) is 25.7 Å². The monoisotopic (exact) mass is 319 g/mol. The summed E-state index contributed by atoms with van der Waals surface area (Å²) in [4.78, 5) is 0. The van der Waals surface area contributed by atoms with Crippen LogP contribution in [0.2, 0.25) is 0 Å². The second-order valence-electron chi connectivity index (χ2n) is 7.29. The van der Waals surface area contributed by atoms with Crippen LogP contribution in [-0.4, -0.2) is 41.3 Å². The van der Waals surface area contributed by atoms with E-state index in [0.29, 0.717) is 6.42 Å². The minimum absolute atomic E-state index is 0.0181. The summed E-state index contributed by atoms with van der Waals surface area (Å²) in [5, 5.41) is 9.87. The molecule has 21 heavy (non-hydrogen) atoms. The SMILES string of the molecule is CCCCCCCC[C@@H]1C[C@@H](O)CN1S(=O)(=O)C(C)(C)C. The Morgan fingerprint density at radius 2 is 1.67 bits per heavy atom. The molecule has 1 saturated heterocycles. The van der Waals surface area contributed by atoms with Gasteiger partial charge in [-0.15, -0.1) is 0 Å². The highest BCUT2D eigenvalue weighted by atomic mass is 32.2. The molecule has 0 aromatic rings. The first-order chi connectivity index (χ1) is 9.70. The quantitative estimate of drug-likeness (QED) is 0.698. The van der Waals surface area contributed by atoms with Gasteiger partial charge in [0.15, 0.2) is 0 Å². The second kappa shape index (κ2) is 7.93. The first-order valence-electron chi connectivity index (χ1n) is 8.39. The van der Waals surface area contributed by atoms with Gasteiger partial charge in [-0.3, -0.25) is 0 Å². The molecule has 0 unspecified atom stereocenters. The van der Waals surface area contributed by atoms with Crippen molar-refractivity contribution in [2.24, 2.45) is 0 Å². The Labute approximate surface area is 131 Å². The molecule has 1 fully saturated rings. The van der Waals surface area contributed by atoms with Crippen LogP contribution in [0.25, 0.3) is 0 Å². The molecule has 0 aromatic carbocycles. The standard InChI is InChI=1S/C16H33NO3S/c1-5-6-7-8-9-10-11-14-12-15(18)13-17(14)21(19,20)16(2,3)4/h14-15,18H,5-13H2,1-4H3/t14-,15-/m1/s1. The maximum atomic E-state index is 12.6. The fraction of sp³-hybridized carbons (Fsp3) is 1.00. The molecule has 0 spiro atoms. The number of aliphatic hydroxyl groups excluding tert-OH is 1. The van der Waals surface area contributed by atoms with Crippen molar-refractivity contribution in [2.75, 3.05) is 6.54 Å². The fourth-order valence-electron chi connectivity index (χ4n) is 2.93. The van der Waals surface area contributed by atoms with Gasteiger partial charge in [-0.1, -0.05) is 45.4 Å². The Morgan fingerprint density at radius 1 is 1.10 bits per heavy atom. The molecule has 126 valence electrons. The van der Waals surface area contributed by atoms with E-state index in [-0.39, 0.29) is 12.6 Å². The Morgan fingerprint density at radius 3 is 2.24 bits per heavy atom. The summed E-state index contributed by atoms with van der Waals surface area (Å²) in [5.74, 6) is 0. The van der Waals surface area contributed by atoms with Crippen LogP contribution in [0, 0.1) is 0 Å². The molecule has 1 heterocycles. The second-order valence-corrected chi connectivity index (χ2v) is 9.93. The Hall–Kier alpha value is -0.130. The molecular weight excluding hydrogens is 286 g/mol. The van der Waals surface area contributed by atoms with E-state index in [9.17, 15) is 13.5 Å². The summed E-state index contributed by atoms with van der Waals surface area (Å²) in [5.41, 5.74) is 0. The Bertz CT molecular complexity index is 400. The molecule has 5 heteroatoms. The molecule has 2 atom stereocenters. The molecule has 4 nitrogen and oxygen atoms in total. The van der Waals surface area contributed by atoms with Crippen LogP contribution < -0.4 is 0 Å². The highest BCUT2D eigenvalue weighted by molar-refractivity contribution is 7.90. The molecule has 0 amide bonds. The molecule has 0 saturated carbocycles. The van der Waals surface area contributed by atoms with Gasteiger partial charge in [-0.25, -0.2) is 8.42 Å². The molecule has 1 rings (SSSR count). The van der Waals surface area contributed by atoms with Crippen LogP contribution in [0.15, 0.2) is 0 Å². The van der Waals surface area contributed by atoms with Crippen LogP contribution in [0.3, 0.4) is 0 Å². The normalized spacial score (nSPS) is 24.6.